The van der Waals surface area contributed by atoms with Crippen molar-refractivity contribution in [3.63, 3.8) is 0 Å². The van der Waals surface area contributed by atoms with Crippen LogP contribution in [0, 0.1) is 17.3 Å². The van der Waals surface area contributed by atoms with Gasteiger partial charge in [0.15, 0.2) is 5.79 Å². The highest BCUT2D eigenvalue weighted by atomic mass is 16.7. The number of esters is 1. The maximum atomic E-state index is 12.9. The van der Waals surface area contributed by atoms with Gasteiger partial charge in [0.2, 0.25) is 0 Å². The molecule has 0 amide bonds. The molecule has 3 saturated heterocycles. The van der Waals surface area contributed by atoms with Crippen LogP contribution < -0.4 is 4.90 Å². The minimum atomic E-state index is -0.937. The van der Waals surface area contributed by atoms with Crippen molar-refractivity contribution < 1.29 is 33.7 Å². The number of fused-ring (bicyclic) bond motifs is 2. The van der Waals surface area contributed by atoms with Crippen molar-refractivity contribution in [3.05, 3.63) is 0 Å². The molecule has 5 fully saturated rings. The number of piperidine rings is 1. The smallest absolute Gasteiger partial charge is 0.315 e. The molecule has 0 aromatic rings. The molecular weight excluding hydrogens is 386 g/mol. The van der Waals surface area contributed by atoms with Crippen molar-refractivity contribution >= 4 is 5.97 Å². The molecule has 2 N–H and O–H groups in total. The third-order valence-electron chi connectivity index (χ3n) is 9.49. The molecule has 0 aromatic carbocycles. The van der Waals surface area contributed by atoms with Crippen molar-refractivity contribution in [1.29, 1.82) is 0 Å². The van der Waals surface area contributed by atoms with Crippen LogP contribution in [0.4, 0.5) is 0 Å². The number of likely N-dealkylation sites (tertiary alicyclic amines) is 1. The Morgan fingerprint density at radius 2 is 1.80 bits per heavy atom. The van der Waals surface area contributed by atoms with Gasteiger partial charge in [0, 0.05) is 18.4 Å². The minimum Gasteiger partial charge on any atom is -0.462 e. The predicted molar refractivity (Wildman–Crippen MR) is 108 cm³/mol. The van der Waals surface area contributed by atoms with Crippen molar-refractivity contribution in [1.82, 2.24) is 0 Å². The molecule has 3 aliphatic heterocycles. The second kappa shape index (κ2) is 7.14. The highest BCUT2D eigenvalue weighted by molar-refractivity contribution is 5.75. The number of methoxy groups -OCH3 is 1. The van der Waals surface area contributed by atoms with Crippen LogP contribution in [0.5, 0.6) is 0 Å². The summed E-state index contributed by atoms with van der Waals surface area (Å²) >= 11 is 0. The quantitative estimate of drug-likeness (QED) is 0.649. The Morgan fingerprint density at radius 3 is 2.47 bits per heavy atom. The monoisotopic (exact) mass is 424 g/mol. The predicted octanol–water partition coefficient (Wildman–Crippen LogP) is 0.686. The van der Waals surface area contributed by atoms with E-state index in [1.807, 2.05) is 6.92 Å². The Labute approximate surface area is 179 Å². The van der Waals surface area contributed by atoms with Crippen molar-refractivity contribution in [2.24, 2.45) is 17.3 Å². The van der Waals surface area contributed by atoms with Crippen LogP contribution in [0.2, 0.25) is 0 Å². The lowest BCUT2D eigenvalue weighted by Crippen LogP contribution is -3.14. The summed E-state index contributed by atoms with van der Waals surface area (Å²) in [5, 5.41) is 12.0. The topological polar surface area (TPSA) is 78.7 Å². The summed E-state index contributed by atoms with van der Waals surface area (Å²) in [6, 6.07) is 0. The summed E-state index contributed by atoms with van der Waals surface area (Å²) in [5.41, 5.74) is -1.80. The van der Waals surface area contributed by atoms with Crippen LogP contribution in [0.1, 0.15) is 58.8 Å². The lowest BCUT2D eigenvalue weighted by molar-refractivity contribution is -0.911. The maximum Gasteiger partial charge on any atom is 0.315 e. The van der Waals surface area contributed by atoms with Crippen molar-refractivity contribution in [2.45, 2.75) is 81.9 Å². The van der Waals surface area contributed by atoms with E-state index in [-0.39, 0.29) is 35.1 Å². The van der Waals surface area contributed by atoms with E-state index in [2.05, 4.69) is 6.92 Å². The van der Waals surface area contributed by atoms with Crippen molar-refractivity contribution in [2.75, 3.05) is 40.0 Å². The summed E-state index contributed by atoms with van der Waals surface area (Å²) in [5.74, 6) is -0.547. The molecule has 5 aliphatic rings. The number of carbonyl (C=O) groups excluding carboxylic acids is 1. The second-order valence-electron chi connectivity index (χ2n) is 10.9. The molecule has 5 rings (SSSR count). The fraction of sp³-hybridized carbons (Fsp3) is 0.957. The fourth-order valence-electron chi connectivity index (χ4n) is 7.40. The van der Waals surface area contributed by atoms with Gasteiger partial charge in [-0.1, -0.05) is 6.92 Å². The molecule has 0 unspecified atom stereocenters. The van der Waals surface area contributed by atoms with Gasteiger partial charge in [-0.15, -0.1) is 0 Å². The molecule has 7 nitrogen and oxygen atoms in total. The molecule has 0 aromatic heterocycles. The number of rotatable bonds is 3. The Kier molecular flexibility index (Phi) is 5.03. The lowest BCUT2D eigenvalue weighted by atomic mass is 9.49. The number of nitrogens with one attached hydrogen (secondary N) is 1. The number of hydrogen-bond donors (Lipinski definition) is 2. The normalized spacial score (nSPS) is 48.4. The van der Waals surface area contributed by atoms with Gasteiger partial charge < -0.3 is 29.0 Å². The zero-order chi connectivity index (χ0) is 21.2. The SMILES string of the molecule is CO[C@@]1(C)CCC[C@@]2(C)C[C@H]3OC(=O)[C@@H](C[NH+]4CCC5(CC4)OCCO5)[C@@H]3C[C@@]21O. The van der Waals surface area contributed by atoms with Crippen LogP contribution in [0.25, 0.3) is 0 Å². The third-order valence-corrected chi connectivity index (χ3v) is 9.49. The number of quaternary nitrogens is 1. The van der Waals surface area contributed by atoms with Crippen LogP contribution >= 0.6 is 0 Å². The van der Waals surface area contributed by atoms with Gasteiger partial charge in [-0.05, 0) is 39.0 Å². The molecule has 7 heteroatoms. The molecule has 0 radical (unpaired) electrons. The molecule has 3 heterocycles. The Bertz CT molecular complexity index is 685. The summed E-state index contributed by atoms with van der Waals surface area (Å²) in [6.07, 6.45) is 5.82. The van der Waals surface area contributed by atoms with E-state index in [0.717, 1.165) is 58.2 Å². The summed E-state index contributed by atoms with van der Waals surface area (Å²) in [6.45, 7) is 8.24. The minimum absolute atomic E-state index is 0.0607. The van der Waals surface area contributed by atoms with Gasteiger partial charge in [0.1, 0.15) is 12.0 Å². The van der Waals surface area contributed by atoms with E-state index in [9.17, 15) is 9.90 Å². The lowest BCUT2D eigenvalue weighted by Gasteiger charge is -2.61. The number of aliphatic hydroxyl groups is 1. The summed E-state index contributed by atoms with van der Waals surface area (Å²) in [7, 11) is 1.71. The van der Waals surface area contributed by atoms with Gasteiger partial charge in [-0.25, -0.2) is 0 Å². The van der Waals surface area contributed by atoms with Crippen LogP contribution in [0.3, 0.4) is 0 Å². The first-order chi connectivity index (χ1) is 14.2. The van der Waals surface area contributed by atoms with Gasteiger partial charge >= 0.3 is 5.97 Å². The molecule has 0 bridgehead atoms. The average molecular weight is 425 g/mol. The Morgan fingerprint density at radius 1 is 1.10 bits per heavy atom. The van der Waals surface area contributed by atoms with E-state index >= 15 is 0 Å². The summed E-state index contributed by atoms with van der Waals surface area (Å²) < 4.78 is 23.5. The van der Waals surface area contributed by atoms with Crippen LogP contribution in [-0.4, -0.2) is 74.1 Å². The second-order valence-corrected chi connectivity index (χ2v) is 10.9. The first-order valence-electron chi connectivity index (χ1n) is 11.8. The van der Waals surface area contributed by atoms with Crippen LogP contribution in [0.15, 0.2) is 0 Å². The first-order valence-corrected chi connectivity index (χ1v) is 11.8. The maximum absolute atomic E-state index is 12.9. The van der Waals surface area contributed by atoms with Gasteiger partial charge in [-0.3, -0.25) is 4.79 Å². The van der Waals surface area contributed by atoms with Crippen LogP contribution in [-0.2, 0) is 23.7 Å². The zero-order valence-electron chi connectivity index (χ0n) is 18.7. The van der Waals surface area contributed by atoms with E-state index in [1.54, 1.807) is 7.11 Å². The van der Waals surface area contributed by atoms with E-state index in [4.69, 9.17) is 18.9 Å². The number of carbonyl (C=O) groups is 1. The largest absolute Gasteiger partial charge is 0.462 e. The summed E-state index contributed by atoms with van der Waals surface area (Å²) in [4.78, 5) is 14.3. The molecule has 30 heavy (non-hydrogen) atoms. The third kappa shape index (κ3) is 2.99. The van der Waals surface area contributed by atoms with Gasteiger partial charge in [0.25, 0.3) is 0 Å². The van der Waals surface area contributed by atoms with E-state index in [1.165, 1.54) is 4.90 Å². The Hall–Kier alpha value is -0.730. The molecular formula is C23H38NO6+. The van der Waals surface area contributed by atoms with Crippen molar-refractivity contribution in [3.8, 4) is 0 Å². The number of hydrogen-bond acceptors (Lipinski definition) is 6. The highest BCUT2D eigenvalue weighted by Gasteiger charge is 2.68. The Balaban J connectivity index is 1.32. The van der Waals surface area contributed by atoms with E-state index in [0.29, 0.717) is 19.6 Å². The molecule has 170 valence electrons. The van der Waals surface area contributed by atoms with Gasteiger partial charge in [-0.2, -0.15) is 0 Å². The van der Waals surface area contributed by atoms with E-state index < -0.39 is 11.2 Å². The average Bonchev–Trinajstić information content (AvgIpc) is 3.28. The van der Waals surface area contributed by atoms with Gasteiger partial charge in [0.05, 0.1) is 56.9 Å². The standard InChI is InChI=1S/C23H37NO6/c1-20-5-4-6-21(2,27-3)23(20,26)13-16-17(19(25)30-18(16)14-20)15-24-9-7-22(8-10-24)28-11-12-29-22/h16-18,26H,4-15H2,1-3H3/p+1/t16-,17-,18+,20-,21-,23+/m0/s1. The first kappa shape index (κ1) is 21.1. The number of ether oxygens (including phenoxy) is 4. The molecule has 2 aliphatic carbocycles. The fourth-order valence-corrected chi connectivity index (χ4v) is 7.40. The molecule has 1 spiro atoms. The highest BCUT2D eigenvalue weighted by Crippen LogP contribution is 2.61. The molecule has 2 saturated carbocycles. The molecule has 6 atom stereocenters. The zero-order valence-corrected chi connectivity index (χ0v) is 18.7.